The molecule has 2 aromatic carbocycles. The number of benzene rings is 2. The Balaban J connectivity index is 1.57. The number of carbonyl (C=O) groups excluding carboxylic acids is 1. The van der Waals surface area contributed by atoms with E-state index in [-0.39, 0.29) is 13.2 Å². The fraction of sp³-hybridized carbons (Fsp3) is 0.467. The zero-order valence-electron chi connectivity index (χ0n) is 22.7. The molecule has 1 aliphatic rings. The van der Waals surface area contributed by atoms with E-state index in [4.69, 9.17) is 18.9 Å². The van der Waals surface area contributed by atoms with Crippen LogP contribution in [0.3, 0.4) is 0 Å². The molecule has 8 heteroatoms. The van der Waals surface area contributed by atoms with Crippen LogP contribution in [0.2, 0.25) is 0 Å². The minimum Gasteiger partial charge on any atom is -0.493 e. The van der Waals surface area contributed by atoms with Gasteiger partial charge >= 0.3 is 6.09 Å². The molecule has 0 aliphatic carbocycles. The Hall–Kier alpha value is -3.72. The molecule has 1 aliphatic heterocycles. The number of nitriles is 1. The highest BCUT2D eigenvalue weighted by Crippen LogP contribution is 2.27. The van der Waals surface area contributed by atoms with Crippen molar-refractivity contribution in [3.05, 3.63) is 59.2 Å². The van der Waals surface area contributed by atoms with Gasteiger partial charge in [-0.1, -0.05) is 24.0 Å². The van der Waals surface area contributed by atoms with Crippen LogP contribution >= 0.6 is 0 Å². The first-order chi connectivity index (χ1) is 18.3. The number of alkyl carbamates (subject to hydrolysis) is 1. The Labute approximate surface area is 225 Å². The number of anilines is 1. The van der Waals surface area contributed by atoms with Gasteiger partial charge in [-0.05, 0) is 69.2 Å². The molecule has 0 radical (unpaired) electrons. The summed E-state index contributed by atoms with van der Waals surface area (Å²) in [7, 11) is 0. The minimum atomic E-state index is -0.550. The molecule has 0 spiro atoms. The monoisotopic (exact) mass is 519 g/mol. The van der Waals surface area contributed by atoms with E-state index in [0.717, 1.165) is 24.5 Å². The van der Waals surface area contributed by atoms with Crippen molar-refractivity contribution in [1.82, 2.24) is 5.32 Å². The summed E-state index contributed by atoms with van der Waals surface area (Å²) >= 11 is 0. The number of hydrogen-bond acceptors (Lipinski definition) is 7. The van der Waals surface area contributed by atoms with Crippen molar-refractivity contribution in [3.63, 3.8) is 0 Å². The highest BCUT2D eigenvalue weighted by atomic mass is 16.7. The predicted molar refractivity (Wildman–Crippen MR) is 146 cm³/mol. The maximum Gasteiger partial charge on any atom is 0.408 e. The SMILES string of the molecule is CCO[C@@H](CCN(Cc1ccc2c(c1)CCO2)c1ccc(C#N)cc1)OCC#CCNC(=O)OC(C)(C)C. The van der Waals surface area contributed by atoms with Crippen LogP contribution < -0.4 is 15.0 Å². The number of ether oxygens (including phenoxy) is 4. The maximum absolute atomic E-state index is 11.7. The first-order valence-electron chi connectivity index (χ1n) is 12.9. The van der Waals surface area contributed by atoms with E-state index in [2.05, 4.69) is 40.3 Å². The third kappa shape index (κ3) is 9.63. The van der Waals surface area contributed by atoms with Crippen molar-refractivity contribution in [1.29, 1.82) is 5.26 Å². The Bertz CT molecular complexity index is 1160. The molecule has 1 N–H and O–H groups in total. The third-order valence-electron chi connectivity index (χ3n) is 5.66. The molecule has 3 rings (SSSR count). The first kappa shape index (κ1) is 28.8. The summed E-state index contributed by atoms with van der Waals surface area (Å²) in [6, 6.07) is 16.1. The molecule has 0 saturated carbocycles. The molecule has 1 heterocycles. The number of nitrogens with zero attached hydrogens (tertiary/aromatic N) is 2. The van der Waals surface area contributed by atoms with Crippen molar-refractivity contribution >= 4 is 11.8 Å². The summed E-state index contributed by atoms with van der Waals surface area (Å²) in [6.45, 7) is 10.3. The zero-order valence-corrected chi connectivity index (χ0v) is 22.7. The molecule has 0 unspecified atom stereocenters. The fourth-order valence-electron chi connectivity index (χ4n) is 3.95. The minimum absolute atomic E-state index is 0.176. The Kier molecular flexibility index (Phi) is 10.8. The van der Waals surface area contributed by atoms with E-state index >= 15 is 0 Å². The van der Waals surface area contributed by atoms with E-state index in [0.29, 0.717) is 31.7 Å². The van der Waals surface area contributed by atoms with Gasteiger partial charge in [0.2, 0.25) is 0 Å². The smallest absolute Gasteiger partial charge is 0.408 e. The van der Waals surface area contributed by atoms with Crippen molar-refractivity contribution in [2.45, 2.75) is 59.0 Å². The van der Waals surface area contributed by atoms with Crippen molar-refractivity contribution in [2.24, 2.45) is 0 Å². The van der Waals surface area contributed by atoms with E-state index in [1.54, 1.807) is 0 Å². The summed E-state index contributed by atoms with van der Waals surface area (Å²) < 4.78 is 22.5. The summed E-state index contributed by atoms with van der Waals surface area (Å²) in [6.07, 6.45) is 0.620. The van der Waals surface area contributed by atoms with E-state index < -0.39 is 18.0 Å². The van der Waals surface area contributed by atoms with Gasteiger partial charge in [0.15, 0.2) is 6.29 Å². The second kappa shape index (κ2) is 14.3. The first-order valence-corrected chi connectivity index (χ1v) is 12.9. The molecular formula is C30H37N3O5. The molecule has 0 bridgehead atoms. The number of fused-ring (bicyclic) bond motifs is 1. The van der Waals surface area contributed by atoms with Gasteiger partial charge < -0.3 is 29.2 Å². The Morgan fingerprint density at radius 3 is 2.66 bits per heavy atom. The summed E-state index contributed by atoms with van der Waals surface area (Å²) in [5, 5.41) is 11.8. The largest absolute Gasteiger partial charge is 0.493 e. The molecule has 0 fully saturated rings. The lowest BCUT2D eigenvalue weighted by Crippen LogP contribution is -2.32. The fourth-order valence-corrected chi connectivity index (χ4v) is 3.95. The van der Waals surface area contributed by atoms with Crippen molar-refractivity contribution in [3.8, 4) is 23.7 Å². The lowest BCUT2D eigenvalue weighted by atomic mass is 10.1. The molecule has 8 nitrogen and oxygen atoms in total. The van der Waals surface area contributed by atoms with Crippen molar-refractivity contribution < 1.29 is 23.7 Å². The van der Waals surface area contributed by atoms with Gasteiger partial charge in [-0.15, -0.1) is 0 Å². The number of rotatable bonds is 11. The molecule has 202 valence electrons. The van der Waals surface area contributed by atoms with E-state index in [1.165, 1.54) is 11.1 Å². The van der Waals surface area contributed by atoms with E-state index in [1.807, 2.05) is 58.0 Å². The Morgan fingerprint density at radius 2 is 1.95 bits per heavy atom. The molecule has 0 saturated heterocycles. The van der Waals surface area contributed by atoms with E-state index in [9.17, 15) is 10.1 Å². The Morgan fingerprint density at radius 1 is 1.16 bits per heavy atom. The predicted octanol–water partition coefficient (Wildman–Crippen LogP) is 4.80. The molecule has 0 aromatic heterocycles. The van der Waals surface area contributed by atoms with Crippen molar-refractivity contribution in [2.75, 3.05) is 37.8 Å². The van der Waals surface area contributed by atoms with Crippen LogP contribution in [0.25, 0.3) is 0 Å². The highest BCUT2D eigenvalue weighted by Gasteiger charge is 2.17. The van der Waals surface area contributed by atoms with Gasteiger partial charge in [-0.2, -0.15) is 5.26 Å². The third-order valence-corrected chi connectivity index (χ3v) is 5.66. The zero-order chi connectivity index (χ0) is 27.4. The lowest BCUT2D eigenvalue weighted by Gasteiger charge is -2.27. The van der Waals surface area contributed by atoms with Gasteiger partial charge in [0.05, 0.1) is 24.8 Å². The normalized spacial score (nSPS) is 12.8. The number of amides is 1. The molecule has 1 amide bonds. The number of hydrogen-bond donors (Lipinski definition) is 1. The molecular weight excluding hydrogens is 482 g/mol. The average molecular weight is 520 g/mol. The van der Waals surface area contributed by atoms with Crippen LogP contribution in [0.4, 0.5) is 10.5 Å². The molecule has 2 aromatic rings. The lowest BCUT2D eigenvalue weighted by molar-refractivity contribution is -0.132. The van der Waals surface area contributed by atoms with Crippen LogP contribution in [0, 0.1) is 23.2 Å². The average Bonchev–Trinajstić information content (AvgIpc) is 3.35. The standard InChI is InChI=1S/C30H37N3O5/c1-5-35-28(37-18-7-6-16-32-29(34)38-30(2,3)4)14-17-33(26-11-8-23(21-31)9-12-26)22-24-10-13-27-25(20-24)15-19-36-27/h8-13,20,28H,5,14-19,22H2,1-4H3,(H,32,34)/t28-/m1/s1. The number of nitrogens with one attached hydrogen (secondary N) is 1. The maximum atomic E-state index is 11.7. The number of carbonyl (C=O) groups is 1. The molecule has 1 atom stereocenters. The van der Waals surface area contributed by atoms with Gasteiger partial charge in [0, 0.05) is 38.2 Å². The van der Waals surface area contributed by atoms with Crippen LogP contribution in [-0.2, 0) is 27.2 Å². The topological polar surface area (TPSA) is 93.0 Å². The summed E-state index contributed by atoms with van der Waals surface area (Å²) in [5.41, 5.74) is 3.52. The summed E-state index contributed by atoms with van der Waals surface area (Å²) in [5.74, 6) is 6.74. The van der Waals surface area contributed by atoms with Gasteiger partial charge in [0.1, 0.15) is 18.0 Å². The second-order valence-corrected chi connectivity index (χ2v) is 9.81. The van der Waals surface area contributed by atoms with Crippen LogP contribution in [0.1, 0.15) is 50.8 Å². The van der Waals surface area contributed by atoms with Crippen LogP contribution in [0.5, 0.6) is 5.75 Å². The van der Waals surface area contributed by atoms with Crippen LogP contribution in [0.15, 0.2) is 42.5 Å². The quantitative estimate of drug-likeness (QED) is 0.337. The highest BCUT2D eigenvalue weighted by molar-refractivity contribution is 5.68. The van der Waals surface area contributed by atoms with Gasteiger partial charge in [-0.3, -0.25) is 0 Å². The second-order valence-electron chi connectivity index (χ2n) is 9.81. The van der Waals surface area contributed by atoms with Gasteiger partial charge in [0.25, 0.3) is 0 Å². The summed E-state index contributed by atoms with van der Waals surface area (Å²) in [4.78, 5) is 13.9. The molecule has 38 heavy (non-hydrogen) atoms. The van der Waals surface area contributed by atoms with Crippen LogP contribution in [-0.4, -0.2) is 50.9 Å². The van der Waals surface area contributed by atoms with Gasteiger partial charge in [-0.25, -0.2) is 4.79 Å².